The summed E-state index contributed by atoms with van der Waals surface area (Å²) in [7, 11) is 0. The molecule has 0 spiro atoms. The number of halogens is 4. The molecule has 0 aliphatic rings. The van der Waals surface area contributed by atoms with Gasteiger partial charge in [-0.2, -0.15) is 0 Å². The van der Waals surface area contributed by atoms with Gasteiger partial charge in [-0.25, -0.2) is 4.39 Å². The summed E-state index contributed by atoms with van der Waals surface area (Å²) in [6, 6.07) is 6.37. The molecule has 0 aliphatic heterocycles. The third kappa shape index (κ3) is 3.37. The zero-order chi connectivity index (χ0) is 15.6. The van der Waals surface area contributed by atoms with Gasteiger partial charge in [0.1, 0.15) is 11.6 Å². The van der Waals surface area contributed by atoms with E-state index in [0.29, 0.717) is 0 Å². The molecule has 110 valence electrons. The Morgan fingerprint density at radius 1 is 1.24 bits per heavy atom. The molecule has 2 aromatic carbocycles. The molecule has 2 aromatic rings. The van der Waals surface area contributed by atoms with E-state index >= 15 is 0 Å². The van der Waals surface area contributed by atoms with Crippen LogP contribution in [-0.4, -0.2) is 4.92 Å². The summed E-state index contributed by atoms with van der Waals surface area (Å²) >= 11 is 17.5. The van der Waals surface area contributed by atoms with E-state index in [9.17, 15) is 14.5 Å². The summed E-state index contributed by atoms with van der Waals surface area (Å²) in [5.74, 6) is -0.496. The summed E-state index contributed by atoms with van der Waals surface area (Å²) in [6.07, 6.45) is 0. The number of nitro benzene ring substituents is 1. The number of ether oxygens (including phenoxy) is 1. The van der Waals surface area contributed by atoms with Crippen molar-refractivity contribution in [2.75, 3.05) is 0 Å². The highest BCUT2D eigenvalue weighted by Gasteiger charge is 2.18. The highest BCUT2D eigenvalue weighted by molar-refractivity contribution is 6.37. The van der Waals surface area contributed by atoms with Crippen molar-refractivity contribution in [3.8, 4) is 11.5 Å². The van der Waals surface area contributed by atoms with Crippen molar-refractivity contribution in [3.05, 3.63) is 61.9 Å². The minimum Gasteiger partial charge on any atom is -0.454 e. The lowest BCUT2D eigenvalue weighted by Gasteiger charge is -2.12. The van der Waals surface area contributed by atoms with Gasteiger partial charge in [0.15, 0.2) is 5.75 Å². The first kappa shape index (κ1) is 15.8. The summed E-state index contributed by atoms with van der Waals surface area (Å²) in [5, 5.41) is 10.6. The smallest absolute Gasteiger partial charge is 0.272 e. The summed E-state index contributed by atoms with van der Waals surface area (Å²) in [5.41, 5.74) is -0.126. The molecule has 0 saturated heterocycles. The molecule has 21 heavy (non-hydrogen) atoms. The fraction of sp³-hybridized carbons (Fsp3) is 0.0769. The molecule has 0 atom stereocenters. The Balaban J connectivity index is 2.45. The number of hydrogen-bond donors (Lipinski definition) is 0. The standard InChI is InChI=1S/C13H7Cl3FNO3/c14-6-8-11(17)2-1-3-12(8)21-13-9(15)4-7(18(19)20)5-10(13)16/h1-5H,6H2. The van der Waals surface area contributed by atoms with Gasteiger partial charge in [-0.05, 0) is 12.1 Å². The molecule has 0 saturated carbocycles. The zero-order valence-electron chi connectivity index (χ0n) is 10.3. The number of non-ortho nitro benzene ring substituents is 1. The Hall–Kier alpha value is -1.56. The molecule has 0 unspecified atom stereocenters. The highest BCUT2D eigenvalue weighted by Crippen LogP contribution is 2.40. The van der Waals surface area contributed by atoms with E-state index in [1.54, 1.807) is 0 Å². The number of benzene rings is 2. The minimum absolute atomic E-state index is 0.000833. The number of nitrogens with zero attached hydrogens (tertiary/aromatic N) is 1. The fourth-order valence-electron chi connectivity index (χ4n) is 1.62. The Kier molecular flexibility index (Phi) is 4.88. The molecule has 8 heteroatoms. The van der Waals surface area contributed by atoms with E-state index in [-0.39, 0.29) is 38.7 Å². The van der Waals surface area contributed by atoms with Crippen LogP contribution in [0, 0.1) is 15.9 Å². The van der Waals surface area contributed by atoms with Crippen LogP contribution in [0.5, 0.6) is 11.5 Å². The van der Waals surface area contributed by atoms with E-state index in [2.05, 4.69) is 0 Å². The average molecular weight is 351 g/mol. The van der Waals surface area contributed by atoms with Gasteiger partial charge in [0.25, 0.3) is 5.69 Å². The van der Waals surface area contributed by atoms with E-state index in [0.717, 1.165) is 12.1 Å². The number of rotatable bonds is 4. The lowest BCUT2D eigenvalue weighted by Crippen LogP contribution is -1.95. The fourth-order valence-corrected chi connectivity index (χ4v) is 2.44. The van der Waals surface area contributed by atoms with Crippen LogP contribution in [-0.2, 0) is 5.88 Å². The molecule has 0 radical (unpaired) electrons. The first-order chi connectivity index (χ1) is 9.93. The number of alkyl halides is 1. The normalized spacial score (nSPS) is 10.5. The van der Waals surface area contributed by atoms with Crippen LogP contribution >= 0.6 is 34.8 Å². The zero-order valence-corrected chi connectivity index (χ0v) is 12.5. The summed E-state index contributed by atoms with van der Waals surface area (Å²) in [4.78, 5) is 10.1. The largest absolute Gasteiger partial charge is 0.454 e. The van der Waals surface area contributed by atoms with Crippen molar-refractivity contribution < 1.29 is 14.1 Å². The van der Waals surface area contributed by atoms with Crippen LogP contribution in [0.2, 0.25) is 10.0 Å². The number of hydrogen-bond acceptors (Lipinski definition) is 3. The van der Waals surface area contributed by atoms with Gasteiger partial charge < -0.3 is 4.74 Å². The van der Waals surface area contributed by atoms with E-state index in [1.807, 2.05) is 0 Å². The Morgan fingerprint density at radius 3 is 2.38 bits per heavy atom. The van der Waals surface area contributed by atoms with Gasteiger partial charge in [0.05, 0.1) is 20.8 Å². The predicted octanol–water partition coefficient (Wildman–Crippen LogP) is 5.57. The molecule has 0 fully saturated rings. The summed E-state index contributed by atoms with van der Waals surface area (Å²) < 4.78 is 19.1. The third-order valence-electron chi connectivity index (χ3n) is 2.62. The molecule has 4 nitrogen and oxygen atoms in total. The quantitative estimate of drug-likeness (QED) is 0.411. The lowest BCUT2D eigenvalue weighted by atomic mass is 10.2. The topological polar surface area (TPSA) is 52.4 Å². The highest BCUT2D eigenvalue weighted by atomic mass is 35.5. The Bertz CT molecular complexity index is 686. The van der Waals surface area contributed by atoms with E-state index in [4.69, 9.17) is 39.5 Å². The average Bonchev–Trinajstić information content (AvgIpc) is 2.42. The molecular formula is C13H7Cl3FNO3. The molecule has 0 amide bonds. The van der Waals surface area contributed by atoms with Gasteiger partial charge in [0, 0.05) is 17.7 Å². The van der Waals surface area contributed by atoms with Crippen LogP contribution in [0.1, 0.15) is 5.56 Å². The Labute approximate surface area is 134 Å². The maximum absolute atomic E-state index is 13.6. The minimum atomic E-state index is -0.631. The number of nitro groups is 1. The summed E-state index contributed by atoms with van der Waals surface area (Å²) in [6.45, 7) is 0. The molecule has 0 aromatic heterocycles. The van der Waals surface area contributed by atoms with Crippen LogP contribution in [0.25, 0.3) is 0 Å². The van der Waals surface area contributed by atoms with Gasteiger partial charge >= 0.3 is 0 Å². The van der Waals surface area contributed by atoms with Crippen LogP contribution < -0.4 is 4.74 Å². The van der Waals surface area contributed by atoms with Crippen LogP contribution in [0.4, 0.5) is 10.1 Å². The van der Waals surface area contributed by atoms with Crippen LogP contribution in [0.15, 0.2) is 30.3 Å². The van der Waals surface area contributed by atoms with E-state index < -0.39 is 10.7 Å². The molecular weight excluding hydrogens is 344 g/mol. The van der Waals surface area contributed by atoms with Gasteiger partial charge in [0.2, 0.25) is 0 Å². The molecule has 0 bridgehead atoms. The molecule has 0 heterocycles. The molecule has 0 aliphatic carbocycles. The van der Waals surface area contributed by atoms with Crippen LogP contribution in [0.3, 0.4) is 0 Å². The lowest BCUT2D eigenvalue weighted by molar-refractivity contribution is -0.384. The van der Waals surface area contributed by atoms with Crippen molar-refractivity contribution in [2.24, 2.45) is 0 Å². The molecule has 2 rings (SSSR count). The van der Waals surface area contributed by atoms with Gasteiger partial charge in [-0.3, -0.25) is 10.1 Å². The van der Waals surface area contributed by atoms with Crippen molar-refractivity contribution in [1.82, 2.24) is 0 Å². The maximum Gasteiger partial charge on any atom is 0.272 e. The van der Waals surface area contributed by atoms with Crippen molar-refractivity contribution >= 4 is 40.5 Å². The van der Waals surface area contributed by atoms with Crippen molar-refractivity contribution in [1.29, 1.82) is 0 Å². The Morgan fingerprint density at radius 2 is 1.86 bits per heavy atom. The monoisotopic (exact) mass is 349 g/mol. The first-order valence-electron chi connectivity index (χ1n) is 5.58. The second-order valence-electron chi connectivity index (χ2n) is 3.95. The first-order valence-corrected chi connectivity index (χ1v) is 6.87. The second-order valence-corrected chi connectivity index (χ2v) is 5.03. The van der Waals surface area contributed by atoms with Gasteiger partial charge in [-0.15, -0.1) is 11.6 Å². The maximum atomic E-state index is 13.6. The predicted molar refractivity (Wildman–Crippen MR) is 79.1 cm³/mol. The van der Waals surface area contributed by atoms with Crippen molar-refractivity contribution in [2.45, 2.75) is 5.88 Å². The molecule has 0 N–H and O–H groups in total. The van der Waals surface area contributed by atoms with Gasteiger partial charge in [-0.1, -0.05) is 29.3 Å². The second kappa shape index (κ2) is 6.47. The van der Waals surface area contributed by atoms with Crippen molar-refractivity contribution in [3.63, 3.8) is 0 Å². The SMILES string of the molecule is O=[N+]([O-])c1cc(Cl)c(Oc2cccc(F)c2CCl)c(Cl)c1. The third-order valence-corrected chi connectivity index (χ3v) is 3.44. The van der Waals surface area contributed by atoms with E-state index in [1.165, 1.54) is 18.2 Å².